The first kappa shape index (κ1) is 13.3. The zero-order chi connectivity index (χ0) is 13.8. The van der Waals surface area contributed by atoms with E-state index in [1.165, 1.54) is 17.7 Å². The van der Waals surface area contributed by atoms with Gasteiger partial charge < -0.3 is 4.90 Å². The van der Waals surface area contributed by atoms with Gasteiger partial charge in [-0.25, -0.2) is 4.39 Å². The largest absolute Gasteiger partial charge is 0.341 e. The molecule has 0 aliphatic rings. The summed E-state index contributed by atoms with van der Waals surface area (Å²) >= 11 is 0. The number of hydrogen-bond acceptors (Lipinski definition) is 2. The summed E-state index contributed by atoms with van der Waals surface area (Å²) in [6.07, 6.45) is 0.690. The van der Waals surface area contributed by atoms with Crippen LogP contribution >= 0.6 is 0 Å². The zero-order valence-electron chi connectivity index (χ0n) is 11.1. The molecule has 0 fully saturated rings. The summed E-state index contributed by atoms with van der Waals surface area (Å²) in [7, 11) is 0. The predicted molar refractivity (Wildman–Crippen MR) is 75.6 cm³/mol. The molecule has 2 aromatic carbocycles. The summed E-state index contributed by atoms with van der Waals surface area (Å²) in [6, 6.07) is 12.3. The lowest BCUT2D eigenvalue weighted by atomic mass is 10.1. The first-order valence-electron chi connectivity index (χ1n) is 6.24. The minimum Gasteiger partial charge on any atom is -0.341 e. The molecule has 0 atom stereocenters. The molecule has 0 aromatic heterocycles. The lowest BCUT2D eigenvalue weighted by Crippen LogP contribution is -2.17. The van der Waals surface area contributed by atoms with E-state index in [9.17, 15) is 9.18 Å². The molecular weight excluding hydrogens is 241 g/mol. The van der Waals surface area contributed by atoms with Crippen LogP contribution in [0.5, 0.6) is 0 Å². The van der Waals surface area contributed by atoms with Crippen molar-refractivity contribution >= 4 is 17.7 Å². The second kappa shape index (κ2) is 5.65. The topological polar surface area (TPSA) is 20.3 Å². The lowest BCUT2D eigenvalue weighted by molar-refractivity contribution is 0.112. The van der Waals surface area contributed by atoms with Gasteiger partial charge in [0.2, 0.25) is 0 Å². The normalized spacial score (nSPS) is 10.3. The Morgan fingerprint density at radius 1 is 1.16 bits per heavy atom. The molecule has 0 bridgehead atoms. The molecular formula is C16H16FNO. The Morgan fingerprint density at radius 2 is 1.84 bits per heavy atom. The van der Waals surface area contributed by atoms with E-state index in [2.05, 4.69) is 0 Å². The van der Waals surface area contributed by atoms with Gasteiger partial charge in [0.1, 0.15) is 5.82 Å². The Kier molecular flexibility index (Phi) is 3.95. The first-order chi connectivity index (χ1) is 9.15. The zero-order valence-corrected chi connectivity index (χ0v) is 11.1. The summed E-state index contributed by atoms with van der Waals surface area (Å²) in [5.74, 6) is -0.397. The number of anilines is 2. The summed E-state index contributed by atoms with van der Waals surface area (Å²) in [5, 5.41) is 0. The third kappa shape index (κ3) is 2.81. The average molecular weight is 257 g/mol. The molecule has 2 nitrogen and oxygen atoms in total. The van der Waals surface area contributed by atoms with Crippen LogP contribution < -0.4 is 4.90 Å². The van der Waals surface area contributed by atoms with Crippen molar-refractivity contribution in [3.05, 3.63) is 59.4 Å². The molecule has 98 valence electrons. The van der Waals surface area contributed by atoms with Crippen LogP contribution in [-0.4, -0.2) is 12.8 Å². The number of aldehydes is 1. The molecule has 0 unspecified atom stereocenters. The molecule has 0 saturated heterocycles. The van der Waals surface area contributed by atoms with Crippen molar-refractivity contribution in [3.8, 4) is 0 Å². The molecule has 3 heteroatoms. The monoisotopic (exact) mass is 257 g/mol. The van der Waals surface area contributed by atoms with Crippen molar-refractivity contribution in [2.24, 2.45) is 0 Å². The van der Waals surface area contributed by atoms with Gasteiger partial charge in [-0.1, -0.05) is 17.7 Å². The number of nitrogens with zero attached hydrogens (tertiary/aromatic N) is 1. The van der Waals surface area contributed by atoms with Crippen molar-refractivity contribution in [1.29, 1.82) is 0 Å². The fraction of sp³-hybridized carbons (Fsp3) is 0.188. The van der Waals surface area contributed by atoms with Crippen LogP contribution in [-0.2, 0) is 0 Å². The van der Waals surface area contributed by atoms with Crippen LogP contribution in [0, 0.1) is 12.7 Å². The molecule has 19 heavy (non-hydrogen) atoms. The second-order valence-electron chi connectivity index (χ2n) is 4.40. The summed E-state index contributed by atoms with van der Waals surface area (Å²) in [6.45, 7) is 4.72. The molecule has 0 aliphatic carbocycles. The summed E-state index contributed by atoms with van der Waals surface area (Å²) < 4.78 is 13.2. The number of carbonyl (C=O) groups excluding carboxylic acids is 1. The number of halogens is 1. The van der Waals surface area contributed by atoms with Crippen LogP contribution in [0.2, 0.25) is 0 Å². The molecule has 2 rings (SSSR count). The number of benzene rings is 2. The molecule has 0 N–H and O–H groups in total. The minimum atomic E-state index is -0.397. The van der Waals surface area contributed by atoms with Gasteiger partial charge in [-0.3, -0.25) is 4.79 Å². The van der Waals surface area contributed by atoms with Crippen molar-refractivity contribution in [2.45, 2.75) is 13.8 Å². The van der Waals surface area contributed by atoms with E-state index in [4.69, 9.17) is 0 Å². The van der Waals surface area contributed by atoms with Crippen molar-refractivity contribution in [3.63, 3.8) is 0 Å². The maximum absolute atomic E-state index is 13.2. The highest BCUT2D eigenvalue weighted by atomic mass is 19.1. The highest BCUT2D eigenvalue weighted by Gasteiger charge is 2.12. The van der Waals surface area contributed by atoms with Gasteiger partial charge in [0.15, 0.2) is 6.29 Å². The summed E-state index contributed by atoms with van der Waals surface area (Å²) in [4.78, 5) is 13.1. The van der Waals surface area contributed by atoms with Crippen LogP contribution in [0.25, 0.3) is 0 Å². The Labute approximate surface area is 112 Å². The Bertz CT molecular complexity index is 578. The SMILES string of the molecule is CCN(c1ccc(C)cc1)c1ccc(F)cc1C=O. The fourth-order valence-electron chi connectivity index (χ4n) is 2.08. The van der Waals surface area contributed by atoms with Crippen molar-refractivity contribution < 1.29 is 9.18 Å². The van der Waals surface area contributed by atoms with Gasteiger partial charge in [0, 0.05) is 17.8 Å². The molecule has 0 amide bonds. The lowest BCUT2D eigenvalue weighted by Gasteiger charge is -2.24. The second-order valence-corrected chi connectivity index (χ2v) is 4.40. The quantitative estimate of drug-likeness (QED) is 0.768. The maximum atomic E-state index is 13.2. The Balaban J connectivity index is 2.47. The minimum absolute atomic E-state index is 0.363. The maximum Gasteiger partial charge on any atom is 0.152 e. The Morgan fingerprint density at radius 3 is 2.42 bits per heavy atom. The smallest absolute Gasteiger partial charge is 0.152 e. The van der Waals surface area contributed by atoms with Gasteiger partial charge in [-0.2, -0.15) is 0 Å². The molecule has 0 heterocycles. The van der Waals surface area contributed by atoms with Crippen LogP contribution in [0.1, 0.15) is 22.8 Å². The van der Waals surface area contributed by atoms with Gasteiger partial charge in [0.05, 0.1) is 5.69 Å². The molecule has 0 spiro atoms. The van der Waals surface area contributed by atoms with Crippen molar-refractivity contribution in [1.82, 2.24) is 0 Å². The third-order valence-electron chi connectivity index (χ3n) is 3.07. The highest BCUT2D eigenvalue weighted by molar-refractivity contribution is 5.86. The number of aryl methyl sites for hydroxylation is 1. The third-order valence-corrected chi connectivity index (χ3v) is 3.07. The van der Waals surface area contributed by atoms with Gasteiger partial charge >= 0.3 is 0 Å². The molecule has 2 aromatic rings. The van der Waals surface area contributed by atoms with Gasteiger partial charge in [-0.05, 0) is 44.2 Å². The number of rotatable bonds is 4. The van der Waals surface area contributed by atoms with E-state index in [0.29, 0.717) is 18.4 Å². The standard InChI is InChI=1S/C16H16FNO/c1-3-18(15-7-4-12(2)5-8-15)16-9-6-14(17)10-13(16)11-19/h4-11H,3H2,1-2H3. The molecule has 0 saturated carbocycles. The van der Waals surface area contributed by atoms with Crippen LogP contribution in [0.4, 0.5) is 15.8 Å². The molecule has 0 aliphatic heterocycles. The van der Waals surface area contributed by atoms with E-state index < -0.39 is 5.82 Å². The van der Waals surface area contributed by atoms with E-state index in [1.807, 2.05) is 43.0 Å². The Hall–Kier alpha value is -2.16. The van der Waals surface area contributed by atoms with Gasteiger partial charge in [0.25, 0.3) is 0 Å². The van der Waals surface area contributed by atoms with Crippen molar-refractivity contribution in [2.75, 3.05) is 11.4 Å². The predicted octanol–water partition coefficient (Wildman–Crippen LogP) is 4.10. The van der Waals surface area contributed by atoms with E-state index in [0.717, 1.165) is 11.4 Å². The summed E-state index contributed by atoms with van der Waals surface area (Å²) in [5.41, 5.74) is 3.25. The fourth-order valence-corrected chi connectivity index (χ4v) is 2.08. The highest BCUT2D eigenvalue weighted by Crippen LogP contribution is 2.28. The van der Waals surface area contributed by atoms with E-state index >= 15 is 0 Å². The average Bonchev–Trinajstić information content (AvgIpc) is 2.43. The van der Waals surface area contributed by atoms with Crippen LogP contribution in [0.3, 0.4) is 0 Å². The van der Waals surface area contributed by atoms with Gasteiger partial charge in [-0.15, -0.1) is 0 Å². The van der Waals surface area contributed by atoms with E-state index in [-0.39, 0.29) is 0 Å². The first-order valence-corrected chi connectivity index (χ1v) is 6.24. The van der Waals surface area contributed by atoms with Crippen LogP contribution in [0.15, 0.2) is 42.5 Å². The number of carbonyl (C=O) groups is 1. The van der Waals surface area contributed by atoms with E-state index in [1.54, 1.807) is 6.07 Å². The molecule has 0 radical (unpaired) electrons. The number of hydrogen-bond donors (Lipinski definition) is 0.